The highest BCUT2D eigenvalue weighted by atomic mass is 14.2. The summed E-state index contributed by atoms with van der Waals surface area (Å²) in [4.78, 5) is 0. The Bertz CT molecular complexity index is 2920. The van der Waals surface area contributed by atoms with E-state index in [0.29, 0.717) is 0 Å². The highest BCUT2D eigenvalue weighted by Gasteiger charge is 2.17. The van der Waals surface area contributed by atoms with Crippen LogP contribution in [0.25, 0.3) is 98.4 Å². The van der Waals surface area contributed by atoms with Gasteiger partial charge in [-0.1, -0.05) is 170 Å². The van der Waals surface area contributed by atoms with Gasteiger partial charge < -0.3 is 0 Å². The monoisotopic (exact) mass is 674 g/mol. The van der Waals surface area contributed by atoms with Gasteiger partial charge >= 0.3 is 0 Å². The molecule has 0 N–H and O–H groups in total. The molecule has 0 aliphatic rings. The van der Waals surface area contributed by atoms with Gasteiger partial charge in [-0.05, 0) is 136 Å². The van der Waals surface area contributed by atoms with E-state index >= 15 is 0 Å². The van der Waals surface area contributed by atoms with Gasteiger partial charge in [-0.3, -0.25) is 0 Å². The molecule has 10 aromatic carbocycles. The SMILES string of the molecule is C=CC.c1cc(-c2ccc3ccccc3c2)cc(-c2c3ccccc3c(-c3ccc4cc(-c5ccc6ccccc6c5)ccc4c3)c3ccccc23)c1. The van der Waals surface area contributed by atoms with Crippen molar-refractivity contribution >= 4 is 53.9 Å². The van der Waals surface area contributed by atoms with E-state index < -0.39 is 0 Å². The average Bonchev–Trinajstić information content (AvgIpc) is 3.22. The summed E-state index contributed by atoms with van der Waals surface area (Å²) >= 11 is 0. The van der Waals surface area contributed by atoms with Crippen molar-refractivity contribution in [2.75, 3.05) is 0 Å². The second-order valence-corrected chi connectivity index (χ2v) is 13.7. The predicted octanol–water partition coefficient (Wildman–Crippen LogP) is 15.3. The van der Waals surface area contributed by atoms with Crippen LogP contribution < -0.4 is 0 Å². The van der Waals surface area contributed by atoms with Crippen molar-refractivity contribution in [2.45, 2.75) is 6.92 Å². The third-order valence-corrected chi connectivity index (χ3v) is 10.4. The molecule has 0 bridgehead atoms. The average molecular weight is 675 g/mol. The van der Waals surface area contributed by atoms with Crippen LogP contribution >= 0.6 is 0 Å². The summed E-state index contributed by atoms with van der Waals surface area (Å²) in [5, 5.41) is 12.6. The first-order valence-electron chi connectivity index (χ1n) is 18.3. The molecule has 0 amide bonds. The molecule has 0 unspecified atom stereocenters. The molecule has 250 valence electrons. The lowest BCUT2D eigenvalue weighted by atomic mass is 9.85. The van der Waals surface area contributed by atoms with Gasteiger partial charge in [-0.2, -0.15) is 0 Å². The molecule has 0 atom stereocenters. The van der Waals surface area contributed by atoms with Crippen LogP contribution in [-0.4, -0.2) is 0 Å². The maximum absolute atomic E-state index is 3.36. The van der Waals surface area contributed by atoms with Gasteiger partial charge in [0.15, 0.2) is 0 Å². The van der Waals surface area contributed by atoms with Crippen LogP contribution in [0.15, 0.2) is 207 Å². The minimum Gasteiger partial charge on any atom is -0.103 e. The maximum atomic E-state index is 3.36. The van der Waals surface area contributed by atoms with Crippen LogP contribution in [0.5, 0.6) is 0 Å². The predicted molar refractivity (Wildman–Crippen MR) is 232 cm³/mol. The first-order valence-corrected chi connectivity index (χ1v) is 18.3. The van der Waals surface area contributed by atoms with Crippen molar-refractivity contribution in [1.29, 1.82) is 0 Å². The molecule has 0 saturated heterocycles. The van der Waals surface area contributed by atoms with Crippen LogP contribution in [0.4, 0.5) is 0 Å². The number of hydrogen-bond acceptors (Lipinski definition) is 0. The summed E-state index contributed by atoms with van der Waals surface area (Å²) in [5.74, 6) is 0. The number of fused-ring (bicyclic) bond motifs is 5. The minimum absolute atomic E-state index is 1.23. The van der Waals surface area contributed by atoms with Crippen molar-refractivity contribution in [2.24, 2.45) is 0 Å². The van der Waals surface area contributed by atoms with E-state index in [0.717, 1.165) is 0 Å². The largest absolute Gasteiger partial charge is 0.103 e. The molecule has 10 rings (SSSR count). The molecular formula is C53H38. The number of benzene rings is 10. The molecule has 0 fully saturated rings. The number of rotatable bonds is 4. The van der Waals surface area contributed by atoms with E-state index in [4.69, 9.17) is 0 Å². The molecule has 0 aromatic heterocycles. The molecule has 0 aliphatic heterocycles. The first-order chi connectivity index (χ1) is 26.2. The van der Waals surface area contributed by atoms with Crippen LogP contribution in [-0.2, 0) is 0 Å². The van der Waals surface area contributed by atoms with Gasteiger partial charge in [-0.25, -0.2) is 0 Å². The zero-order valence-electron chi connectivity index (χ0n) is 29.8. The zero-order valence-corrected chi connectivity index (χ0v) is 29.8. The molecule has 0 aliphatic carbocycles. The second-order valence-electron chi connectivity index (χ2n) is 13.7. The Morgan fingerprint density at radius 1 is 0.283 bits per heavy atom. The number of hydrogen-bond donors (Lipinski definition) is 0. The zero-order chi connectivity index (χ0) is 35.7. The summed E-state index contributed by atoms with van der Waals surface area (Å²) < 4.78 is 0. The molecule has 53 heavy (non-hydrogen) atoms. The quantitative estimate of drug-likeness (QED) is 0.129. The second kappa shape index (κ2) is 13.8. The summed E-state index contributed by atoms with van der Waals surface area (Å²) in [6.07, 6.45) is 1.75. The fourth-order valence-corrected chi connectivity index (χ4v) is 7.92. The minimum atomic E-state index is 1.23. The van der Waals surface area contributed by atoms with Gasteiger partial charge in [0, 0.05) is 0 Å². The molecule has 0 spiro atoms. The Morgan fingerprint density at radius 2 is 0.566 bits per heavy atom. The Morgan fingerprint density at radius 3 is 1.02 bits per heavy atom. The van der Waals surface area contributed by atoms with Gasteiger partial charge in [0.25, 0.3) is 0 Å². The van der Waals surface area contributed by atoms with E-state index in [9.17, 15) is 0 Å². The Hall–Kier alpha value is -6.76. The lowest BCUT2D eigenvalue weighted by Gasteiger charge is -2.18. The topological polar surface area (TPSA) is 0 Å². The lowest BCUT2D eigenvalue weighted by molar-refractivity contribution is 1.63. The molecule has 0 saturated carbocycles. The smallest absolute Gasteiger partial charge is 0.00262 e. The van der Waals surface area contributed by atoms with Gasteiger partial charge in [0.1, 0.15) is 0 Å². The molecule has 0 heterocycles. The summed E-state index contributed by atoms with van der Waals surface area (Å²) in [6.45, 7) is 5.25. The van der Waals surface area contributed by atoms with E-state index in [1.54, 1.807) is 6.08 Å². The van der Waals surface area contributed by atoms with Crippen molar-refractivity contribution in [3.8, 4) is 44.5 Å². The Balaban J connectivity index is 0.00000120. The fraction of sp³-hybridized carbons (Fsp3) is 0.0189. The van der Waals surface area contributed by atoms with Crippen molar-refractivity contribution in [3.05, 3.63) is 207 Å². The van der Waals surface area contributed by atoms with E-state index in [1.807, 2.05) is 6.92 Å². The van der Waals surface area contributed by atoms with Gasteiger partial charge in [-0.15, -0.1) is 6.58 Å². The third kappa shape index (κ3) is 5.95. The molecule has 0 radical (unpaired) electrons. The highest BCUT2D eigenvalue weighted by molar-refractivity contribution is 6.22. The molecule has 0 heteroatoms. The van der Waals surface area contributed by atoms with Gasteiger partial charge in [0.2, 0.25) is 0 Å². The summed E-state index contributed by atoms with van der Waals surface area (Å²) in [6, 6.07) is 71.4. The standard InChI is InChI=1S/C50H32.C3H6/c1-3-12-35-28-38(22-20-33(35)10-1)37-14-9-15-43(31-37)49-45-16-5-7-18-47(45)50(48-19-8-6-17-46(48)49)44-27-26-41-30-40(24-25-42(41)32-44)39-23-21-34-11-2-4-13-36(34)29-39;1-3-2/h1-32H;3H,1H2,2H3. The first kappa shape index (κ1) is 32.2. The van der Waals surface area contributed by atoms with Crippen molar-refractivity contribution in [1.82, 2.24) is 0 Å². The Labute approximate surface area is 310 Å². The lowest BCUT2D eigenvalue weighted by Crippen LogP contribution is -1.91. The fourth-order valence-electron chi connectivity index (χ4n) is 7.92. The number of allylic oxidation sites excluding steroid dienone is 1. The van der Waals surface area contributed by atoms with Gasteiger partial charge in [0.05, 0.1) is 0 Å². The van der Waals surface area contributed by atoms with Crippen LogP contribution in [0.3, 0.4) is 0 Å². The van der Waals surface area contributed by atoms with E-state index in [-0.39, 0.29) is 0 Å². The third-order valence-electron chi connectivity index (χ3n) is 10.4. The van der Waals surface area contributed by atoms with Crippen LogP contribution in [0.2, 0.25) is 0 Å². The summed E-state index contributed by atoms with van der Waals surface area (Å²) in [5.41, 5.74) is 9.97. The van der Waals surface area contributed by atoms with E-state index in [1.165, 1.54) is 98.4 Å². The van der Waals surface area contributed by atoms with Crippen molar-refractivity contribution < 1.29 is 0 Å². The molecule has 10 aromatic rings. The highest BCUT2D eigenvalue weighted by Crippen LogP contribution is 2.45. The van der Waals surface area contributed by atoms with Crippen molar-refractivity contribution in [3.63, 3.8) is 0 Å². The molecule has 0 nitrogen and oxygen atoms in total. The maximum Gasteiger partial charge on any atom is -0.00262 e. The normalized spacial score (nSPS) is 11.2. The summed E-state index contributed by atoms with van der Waals surface area (Å²) in [7, 11) is 0. The van der Waals surface area contributed by atoms with Crippen LogP contribution in [0, 0.1) is 0 Å². The van der Waals surface area contributed by atoms with E-state index in [2.05, 4.69) is 201 Å². The molecular weight excluding hydrogens is 637 g/mol. The van der Waals surface area contributed by atoms with Crippen LogP contribution in [0.1, 0.15) is 6.92 Å². The Kier molecular flexibility index (Phi) is 8.35.